The highest BCUT2D eigenvalue weighted by atomic mass is 15.0. The molecule has 3 aromatic carbocycles. The summed E-state index contributed by atoms with van der Waals surface area (Å²) in [6, 6.07) is 26.8. The Bertz CT molecular complexity index is 1520. The van der Waals surface area contributed by atoms with Crippen molar-refractivity contribution in [2.45, 2.75) is 13.8 Å². The number of hydrogen-bond donors (Lipinski definition) is 0. The molecule has 146 valence electrons. The molecular weight excluding hydrogens is 380 g/mol. The van der Waals surface area contributed by atoms with E-state index in [0.29, 0.717) is 16.8 Å². The number of pyridine rings is 1. The van der Waals surface area contributed by atoms with E-state index in [2.05, 4.69) is 78.0 Å². The van der Waals surface area contributed by atoms with Crippen LogP contribution in [0.2, 0.25) is 0 Å². The minimum atomic E-state index is 0.376. The summed E-state index contributed by atoms with van der Waals surface area (Å²) in [5, 5.41) is 21.3. The van der Waals surface area contributed by atoms with Gasteiger partial charge in [0, 0.05) is 22.5 Å². The SMILES string of the molecule is Cc1ccc2c(c1)c1cc(C)ccc1n2-c1ccccc1-c1ncc(C#N)cc1C#N. The first-order valence-electron chi connectivity index (χ1n) is 10.0. The van der Waals surface area contributed by atoms with Crippen LogP contribution in [0, 0.1) is 36.5 Å². The number of nitriles is 2. The van der Waals surface area contributed by atoms with E-state index in [1.807, 2.05) is 18.2 Å². The number of aromatic nitrogens is 2. The van der Waals surface area contributed by atoms with Gasteiger partial charge in [0.05, 0.1) is 33.5 Å². The summed E-state index contributed by atoms with van der Waals surface area (Å²) in [5.74, 6) is 0. The van der Waals surface area contributed by atoms with Crippen molar-refractivity contribution in [3.05, 3.63) is 95.2 Å². The lowest BCUT2D eigenvalue weighted by atomic mass is 10.0. The molecule has 4 heteroatoms. The van der Waals surface area contributed by atoms with Gasteiger partial charge in [0.15, 0.2) is 0 Å². The third kappa shape index (κ3) is 2.94. The average Bonchev–Trinajstić information content (AvgIpc) is 3.11. The lowest BCUT2D eigenvalue weighted by Crippen LogP contribution is -2.00. The molecule has 0 unspecified atom stereocenters. The zero-order valence-electron chi connectivity index (χ0n) is 17.2. The van der Waals surface area contributed by atoms with E-state index < -0.39 is 0 Å². The van der Waals surface area contributed by atoms with Crippen LogP contribution in [0.15, 0.2) is 72.9 Å². The van der Waals surface area contributed by atoms with Crippen LogP contribution in [0.1, 0.15) is 22.3 Å². The smallest absolute Gasteiger partial charge is 0.101 e. The monoisotopic (exact) mass is 398 g/mol. The van der Waals surface area contributed by atoms with Crippen LogP contribution >= 0.6 is 0 Å². The maximum Gasteiger partial charge on any atom is 0.101 e. The zero-order valence-corrected chi connectivity index (χ0v) is 17.2. The van der Waals surface area contributed by atoms with Crippen molar-refractivity contribution in [2.24, 2.45) is 0 Å². The Hall–Kier alpha value is -4.41. The maximum atomic E-state index is 9.72. The topological polar surface area (TPSA) is 65.4 Å². The molecule has 5 aromatic rings. The number of para-hydroxylation sites is 1. The van der Waals surface area contributed by atoms with Gasteiger partial charge in [0.2, 0.25) is 0 Å². The molecule has 2 aromatic heterocycles. The van der Waals surface area contributed by atoms with Crippen molar-refractivity contribution < 1.29 is 0 Å². The number of fused-ring (bicyclic) bond motifs is 3. The molecule has 0 atom stereocenters. The van der Waals surface area contributed by atoms with Crippen molar-refractivity contribution in [3.8, 4) is 29.1 Å². The summed E-state index contributed by atoms with van der Waals surface area (Å²) >= 11 is 0. The molecule has 0 aliphatic heterocycles. The van der Waals surface area contributed by atoms with Crippen molar-refractivity contribution in [3.63, 3.8) is 0 Å². The lowest BCUT2D eigenvalue weighted by Gasteiger charge is -2.14. The number of aryl methyl sites for hydroxylation is 2. The highest BCUT2D eigenvalue weighted by Crippen LogP contribution is 2.37. The van der Waals surface area contributed by atoms with Crippen LogP contribution in [0.25, 0.3) is 38.8 Å². The van der Waals surface area contributed by atoms with Crippen LogP contribution in [0.3, 0.4) is 0 Å². The van der Waals surface area contributed by atoms with Crippen molar-refractivity contribution >= 4 is 21.8 Å². The summed E-state index contributed by atoms with van der Waals surface area (Å²) in [4.78, 5) is 4.49. The number of nitrogens with zero attached hydrogens (tertiary/aromatic N) is 4. The summed E-state index contributed by atoms with van der Waals surface area (Å²) in [5.41, 5.74) is 7.76. The molecule has 0 bridgehead atoms. The molecule has 2 heterocycles. The summed E-state index contributed by atoms with van der Waals surface area (Å²) in [7, 11) is 0. The fourth-order valence-corrected chi connectivity index (χ4v) is 4.21. The second-order valence-electron chi connectivity index (χ2n) is 7.74. The predicted molar refractivity (Wildman–Crippen MR) is 123 cm³/mol. The van der Waals surface area contributed by atoms with Gasteiger partial charge in [-0.3, -0.25) is 4.98 Å². The number of benzene rings is 3. The van der Waals surface area contributed by atoms with Crippen LogP contribution in [0.5, 0.6) is 0 Å². The molecule has 0 amide bonds. The van der Waals surface area contributed by atoms with Crippen molar-refractivity contribution in [2.75, 3.05) is 0 Å². The number of rotatable bonds is 2. The molecule has 0 N–H and O–H groups in total. The normalized spacial score (nSPS) is 10.8. The van der Waals surface area contributed by atoms with E-state index in [0.717, 1.165) is 22.3 Å². The quantitative estimate of drug-likeness (QED) is 0.355. The highest BCUT2D eigenvalue weighted by molar-refractivity contribution is 6.10. The Morgan fingerprint density at radius 1 is 0.774 bits per heavy atom. The van der Waals surface area contributed by atoms with Gasteiger partial charge in [-0.05, 0) is 50.2 Å². The largest absolute Gasteiger partial charge is 0.309 e. The molecule has 0 radical (unpaired) electrons. The average molecular weight is 398 g/mol. The van der Waals surface area contributed by atoms with E-state index in [9.17, 15) is 10.5 Å². The highest BCUT2D eigenvalue weighted by Gasteiger charge is 2.18. The lowest BCUT2D eigenvalue weighted by molar-refractivity contribution is 1.17. The first-order chi connectivity index (χ1) is 15.1. The van der Waals surface area contributed by atoms with Gasteiger partial charge < -0.3 is 4.57 Å². The molecular formula is C27H18N4. The van der Waals surface area contributed by atoms with E-state index in [1.54, 1.807) is 6.07 Å². The number of hydrogen-bond acceptors (Lipinski definition) is 3. The molecule has 31 heavy (non-hydrogen) atoms. The van der Waals surface area contributed by atoms with E-state index in [-0.39, 0.29) is 0 Å². The fraction of sp³-hybridized carbons (Fsp3) is 0.0741. The van der Waals surface area contributed by atoms with Gasteiger partial charge in [0.1, 0.15) is 12.1 Å². The maximum absolute atomic E-state index is 9.72. The fourth-order valence-electron chi connectivity index (χ4n) is 4.21. The van der Waals surface area contributed by atoms with E-state index >= 15 is 0 Å². The van der Waals surface area contributed by atoms with Gasteiger partial charge in [-0.15, -0.1) is 0 Å². The molecule has 0 aliphatic rings. The molecule has 0 fully saturated rings. The summed E-state index contributed by atoms with van der Waals surface area (Å²) < 4.78 is 2.24. The summed E-state index contributed by atoms with van der Waals surface area (Å²) in [6.45, 7) is 4.21. The van der Waals surface area contributed by atoms with Gasteiger partial charge >= 0.3 is 0 Å². The second-order valence-corrected chi connectivity index (χ2v) is 7.74. The molecule has 0 saturated carbocycles. The Kier molecular flexibility index (Phi) is 4.28. The third-order valence-electron chi connectivity index (χ3n) is 5.61. The van der Waals surface area contributed by atoms with Crippen LogP contribution in [-0.4, -0.2) is 9.55 Å². The van der Waals surface area contributed by atoms with E-state index in [1.165, 1.54) is 28.1 Å². The van der Waals surface area contributed by atoms with Crippen molar-refractivity contribution in [1.29, 1.82) is 10.5 Å². The van der Waals surface area contributed by atoms with Crippen LogP contribution in [-0.2, 0) is 0 Å². The molecule has 4 nitrogen and oxygen atoms in total. The molecule has 0 spiro atoms. The Labute approximate surface area is 180 Å². The van der Waals surface area contributed by atoms with E-state index in [4.69, 9.17) is 0 Å². The minimum Gasteiger partial charge on any atom is -0.309 e. The van der Waals surface area contributed by atoms with Crippen LogP contribution in [0.4, 0.5) is 0 Å². The third-order valence-corrected chi connectivity index (χ3v) is 5.61. The molecule has 5 rings (SSSR count). The van der Waals surface area contributed by atoms with Gasteiger partial charge in [-0.1, -0.05) is 41.5 Å². The standard InChI is InChI=1S/C27H18N4/c1-17-7-9-25-22(11-17)23-12-18(2)8-10-26(23)31(25)24-6-4-3-5-21(24)27-20(15-29)13-19(14-28)16-30-27/h3-13,16H,1-2H3. The Balaban J connectivity index is 1.89. The molecule has 0 aliphatic carbocycles. The zero-order chi connectivity index (χ0) is 21.5. The summed E-state index contributed by atoms with van der Waals surface area (Å²) in [6.07, 6.45) is 1.52. The van der Waals surface area contributed by atoms with Gasteiger partial charge in [-0.25, -0.2) is 0 Å². The Morgan fingerprint density at radius 3 is 2.03 bits per heavy atom. The molecule has 0 saturated heterocycles. The first kappa shape index (κ1) is 18.6. The second kappa shape index (κ2) is 7.13. The van der Waals surface area contributed by atoms with Gasteiger partial charge in [-0.2, -0.15) is 10.5 Å². The minimum absolute atomic E-state index is 0.376. The predicted octanol–water partition coefficient (Wildman–Crippen LogP) is 6.21. The first-order valence-corrected chi connectivity index (χ1v) is 10.0. The Morgan fingerprint density at radius 2 is 1.42 bits per heavy atom. The van der Waals surface area contributed by atoms with Crippen LogP contribution < -0.4 is 0 Å². The van der Waals surface area contributed by atoms with Crippen molar-refractivity contribution in [1.82, 2.24) is 9.55 Å². The van der Waals surface area contributed by atoms with Gasteiger partial charge in [0.25, 0.3) is 0 Å².